The summed E-state index contributed by atoms with van der Waals surface area (Å²) in [7, 11) is 3.35. The van der Waals surface area contributed by atoms with Gasteiger partial charge in [0, 0.05) is 10.6 Å². The van der Waals surface area contributed by atoms with Crippen molar-refractivity contribution in [2.75, 3.05) is 26.0 Å². The van der Waals surface area contributed by atoms with Crippen molar-refractivity contribution in [2.24, 2.45) is 0 Å². The molecule has 7 nitrogen and oxygen atoms in total. The number of carbonyl (C=O) groups excluding carboxylic acids is 1. The lowest BCUT2D eigenvalue weighted by molar-refractivity contribution is -0.117. The van der Waals surface area contributed by atoms with Gasteiger partial charge in [-0.25, -0.2) is 0 Å². The monoisotopic (exact) mass is 400 g/mol. The number of amides is 1. The minimum Gasteiger partial charge on any atom is -0.495 e. The van der Waals surface area contributed by atoms with Crippen molar-refractivity contribution in [1.29, 1.82) is 0 Å². The predicted molar refractivity (Wildman–Crippen MR) is 107 cm³/mol. The number of nitrogens with zero attached hydrogens (tertiary/aromatic N) is 3. The van der Waals surface area contributed by atoms with Crippen LogP contribution in [0.25, 0.3) is 11.4 Å². The molecule has 0 saturated heterocycles. The van der Waals surface area contributed by atoms with E-state index in [4.69, 9.17) is 20.9 Å². The van der Waals surface area contributed by atoms with Crippen LogP contribution in [0.2, 0.25) is 5.02 Å². The van der Waals surface area contributed by atoms with Crippen LogP contribution in [0.15, 0.2) is 53.1 Å². The fraction of sp³-hybridized carbons (Fsp3) is 0.250. The van der Waals surface area contributed by atoms with E-state index in [1.54, 1.807) is 18.2 Å². The minimum atomic E-state index is -0.239. The molecule has 1 amide bonds. The molecule has 28 heavy (non-hydrogen) atoms. The highest BCUT2D eigenvalue weighted by Gasteiger charge is 2.21. The van der Waals surface area contributed by atoms with E-state index < -0.39 is 0 Å². The van der Waals surface area contributed by atoms with Crippen molar-refractivity contribution in [3.05, 3.63) is 59.4 Å². The Morgan fingerprint density at radius 1 is 1.29 bits per heavy atom. The Bertz CT molecular complexity index is 946. The maximum Gasteiger partial charge on any atom is 0.244 e. The molecule has 0 saturated carbocycles. The van der Waals surface area contributed by atoms with Gasteiger partial charge in [-0.1, -0.05) is 47.1 Å². The standard InChI is InChI=1S/C20H21ClN4O3/c1-13(20-23-19(24-28-20)14-7-5-4-6-8-14)25(2)12-18(26)22-16-11-15(21)9-10-17(16)27-3/h4-11,13H,12H2,1-3H3,(H,22,26). The van der Waals surface area contributed by atoms with Gasteiger partial charge in [-0.15, -0.1) is 0 Å². The molecule has 146 valence electrons. The lowest BCUT2D eigenvalue weighted by Crippen LogP contribution is -2.32. The molecule has 2 aromatic carbocycles. The molecule has 0 aliphatic heterocycles. The van der Waals surface area contributed by atoms with Crippen LogP contribution in [0.1, 0.15) is 18.9 Å². The second-order valence-electron chi connectivity index (χ2n) is 6.31. The zero-order valence-corrected chi connectivity index (χ0v) is 16.6. The first kappa shape index (κ1) is 19.9. The first-order valence-electron chi connectivity index (χ1n) is 8.70. The predicted octanol–water partition coefficient (Wildman–Crippen LogP) is 4.03. The molecule has 0 aliphatic carbocycles. The second kappa shape index (κ2) is 8.86. The molecule has 3 aromatic rings. The number of rotatable bonds is 7. The summed E-state index contributed by atoms with van der Waals surface area (Å²) < 4.78 is 10.6. The number of hydrogen-bond donors (Lipinski definition) is 1. The quantitative estimate of drug-likeness (QED) is 0.644. The van der Waals surface area contributed by atoms with Gasteiger partial charge in [-0.3, -0.25) is 9.69 Å². The fourth-order valence-electron chi connectivity index (χ4n) is 2.63. The van der Waals surface area contributed by atoms with Gasteiger partial charge in [0.15, 0.2) is 0 Å². The summed E-state index contributed by atoms with van der Waals surface area (Å²) in [6.07, 6.45) is 0. The van der Waals surface area contributed by atoms with Gasteiger partial charge in [0.1, 0.15) is 5.75 Å². The van der Waals surface area contributed by atoms with Crippen molar-refractivity contribution < 1.29 is 14.1 Å². The lowest BCUT2D eigenvalue weighted by atomic mass is 10.2. The number of hydrogen-bond acceptors (Lipinski definition) is 6. The summed E-state index contributed by atoms with van der Waals surface area (Å²) in [6.45, 7) is 2.02. The normalized spacial score (nSPS) is 12.0. The van der Waals surface area contributed by atoms with E-state index in [1.807, 2.05) is 49.2 Å². The van der Waals surface area contributed by atoms with Gasteiger partial charge in [-0.2, -0.15) is 4.98 Å². The van der Waals surface area contributed by atoms with E-state index in [0.29, 0.717) is 28.2 Å². The van der Waals surface area contributed by atoms with Gasteiger partial charge >= 0.3 is 0 Å². The molecule has 1 aromatic heterocycles. The van der Waals surface area contributed by atoms with Crippen LogP contribution in [0.5, 0.6) is 5.75 Å². The summed E-state index contributed by atoms with van der Waals surface area (Å²) in [5, 5.41) is 7.35. The molecule has 0 fully saturated rings. The van der Waals surface area contributed by atoms with Crippen LogP contribution < -0.4 is 10.1 Å². The van der Waals surface area contributed by atoms with E-state index in [2.05, 4.69) is 15.5 Å². The zero-order valence-electron chi connectivity index (χ0n) is 15.8. The molecular formula is C20H21ClN4O3. The van der Waals surface area contributed by atoms with Gasteiger partial charge in [0.2, 0.25) is 17.6 Å². The highest BCUT2D eigenvalue weighted by atomic mass is 35.5. The Morgan fingerprint density at radius 2 is 2.04 bits per heavy atom. The fourth-order valence-corrected chi connectivity index (χ4v) is 2.80. The number of nitrogens with one attached hydrogen (secondary N) is 1. The third-order valence-electron chi connectivity index (χ3n) is 4.32. The second-order valence-corrected chi connectivity index (χ2v) is 6.74. The Kier molecular flexibility index (Phi) is 6.28. The first-order valence-corrected chi connectivity index (χ1v) is 9.08. The average Bonchev–Trinajstić information content (AvgIpc) is 3.18. The van der Waals surface area contributed by atoms with E-state index in [1.165, 1.54) is 7.11 Å². The smallest absolute Gasteiger partial charge is 0.244 e. The summed E-state index contributed by atoms with van der Waals surface area (Å²) in [6, 6.07) is 14.4. The molecular weight excluding hydrogens is 380 g/mol. The molecule has 0 aliphatic rings. The van der Waals surface area contributed by atoms with E-state index >= 15 is 0 Å². The summed E-state index contributed by atoms with van der Waals surface area (Å²) in [5.41, 5.74) is 1.39. The molecule has 0 spiro atoms. The molecule has 1 unspecified atom stereocenters. The van der Waals surface area contributed by atoms with Crippen LogP contribution >= 0.6 is 11.6 Å². The van der Waals surface area contributed by atoms with E-state index in [0.717, 1.165) is 5.56 Å². The van der Waals surface area contributed by atoms with Crippen LogP contribution in [-0.4, -0.2) is 41.6 Å². The van der Waals surface area contributed by atoms with Crippen molar-refractivity contribution in [3.8, 4) is 17.1 Å². The largest absolute Gasteiger partial charge is 0.495 e. The number of ether oxygens (including phenoxy) is 1. The van der Waals surface area contributed by atoms with Gasteiger partial charge in [0.25, 0.3) is 0 Å². The van der Waals surface area contributed by atoms with Crippen molar-refractivity contribution in [3.63, 3.8) is 0 Å². The molecule has 1 atom stereocenters. The SMILES string of the molecule is COc1ccc(Cl)cc1NC(=O)CN(C)C(C)c1nc(-c2ccccc2)no1. The minimum absolute atomic E-state index is 0.125. The van der Waals surface area contributed by atoms with Crippen LogP contribution in [0.4, 0.5) is 5.69 Å². The first-order chi connectivity index (χ1) is 13.5. The summed E-state index contributed by atoms with van der Waals surface area (Å²) in [4.78, 5) is 18.7. The number of likely N-dealkylation sites (N-methyl/N-ethyl adjacent to an activating group) is 1. The third kappa shape index (κ3) is 4.68. The van der Waals surface area contributed by atoms with E-state index in [-0.39, 0.29) is 18.5 Å². The van der Waals surface area contributed by atoms with Crippen molar-refractivity contribution in [2.45, 2.75) is 13.0 Å². The Balaban J connectivity index is 1.64. The molecule has 0 bridgehead atoms. The summed E-state index contributed by atoms with van der Waals surface area (Å²) in [5.74, 6) is 1.29. The van der Waals surface area contributed by atoms with Gasteiger partial charge < -0.3 is 14.6 Å². The van der Waals surface area contributed by atoms with Crippen molar-refractivity contribution >= 4 is 23.2 Å². The molecule has 1 heterocycles. The van der Waals surface area contributed by atoms with Crippen LogP contribution in [-0.2, 0) is 4.79 Å². The number of carbonyl (C=O) groups is 1. The summed E-state index contributed by atoms with van der Waals surface area (Å²) >= 11 is 6.00. The number of benzene rings is 2. The Hall–Kier alpha value is -2.90. The highest BCUT2D eigenvalue weighted by Crippen LogP contribution is 2.28. The van der Waals surface area contributed by atoms with Gasteiger partial charge in [-0.05, 0) is 32.2 Å². The Labute approximate surface area is 168 Å². The molecule has 0 radical (unpaired) electrons. The maximum atomic E-state index is 12.4. The number of anilines is 1. The topological polar surface area (TPSA) is 80.5 Å². The molecule has 8 heteroatoms. The van der Waals surface area contributed by atoms with Crippen LogP contribution in [0.3, 0.4) is 0 Å². The highest BCUT2D eigenvalue weighted by molar-refractivity contribution is 6.31. The number of methoxy groups -OCH3 is 1. The van der Waals surface area contributed by atoms with Crippen LogP contribution in [0, 0.1) is 0 Å². The molecule has 3 rings (SSSR count). The molecule has 1 N–H and O–H groups in total. The Morgan fingerprint density at radius 3 is 2.75 bits per heavy atom. The third-order valence-corrected chi connectivity index (χ3v) is 4.56. The zero-order chi connectivity index (χ0) is 20.1. The van der Waals surface area contributed by atoms with Gasteiger partial charge in [0.05, 0.1) is 25.4 Å². The van der Waals surface area contributed by atoms with E-state index in [9.17, 15) is 4.79 Å². The number of halogens is 1. The van der Waals surface area contributed by atoms with Crippen molar-refractivity contribution in [1.82, 2.24) is 15.0 Å². The maximum absolute atomic E-state index is 12.4. The average molecular weight is 401 g/mol. The number of aromatic nitrogens is 2. The lowest BCUT2D eigenvalue weighted by Gasteiger charge is -2.21.